The van der Waals surface area contributed by atoms with Gasteiger partial charge in [-0.25, -0.2) is 9.67 Å². The monoisotopic (exact) mass is 411 g/mol. The topological polar surface area (TPSA) is 101 Å². The summed E-state index contributed by atoms with van der Waals surface area (Å²) in [7, 11) is 0. The molecule has 2 aromatic heterocycles. The van der Waals surface area contributed by atoms with E-state index >= 15 is 0 Å². The fraction of sp³-hybridized carbons (Fsp3) is 0.591. The Morgan fingerprint density at radius 1 is 1.30 bits per heavy atom. The molecule has 2 aliphatic carbocycles. The van der Waals surface area contributed by atoms with Gasteiger partial charge in [0.2, 0.25) is 0 Å². The number of hydrogen-bond acceptors (Lipinski definition) is 6. The Hall–Kier alpha value is -2.61. The Morgan fingerprint density at radius 3 is 2.77 bits per heavy atom. The standard InChI is InChI=1S/C22H29N5O3/c1-2-27-20-17(13-24-27)19(25-15-7-5-14(6-8-15)21(28)29)16(12-23-20)18-11-22(30-26-18)9-3-4-10-22/h11-15,26H,2-10H2,1H3,(H,23,25)(H,28,29). The fourth-order valence-corrected chi connectivity index (χ4v) is 5.14. The van der Waals surface area contributed by atoms with Crippen LogP contribution in [0, 0.1) is 5.92 Å². The second-order valence-electron chi connectivity index (χ2n) is 8.81. The minimum Gasteiger partial charge on any atom is -0.481 e. The molecular formula is C22H29N5O3. The Labute approximate surface area is 175 Å². The second-order valence-corrected chi connectivity index (χ2v) is 8.81. The maximum Gasteiger partial charge on any atom is 0.306 e. The lowest BCUT2D eigenvalue weighted by Gasteiger charge is -2.28. The predicted molar refractivity (Wildman–Crippen MR) is 114 cm³/mol. The van der Waals surface area contributed by atoms with E-state index in [0.717, 1.165) is 60.2 Å². The number of aromatic nitrogens is 3. The molecule has 3 heterocycles. The van der Waals surface area contributed by atoms with Crippen LogP contribution in [0.3, 0.4) is 0 Å². The Bertz CT molecular complexity index is 984. The van der Waals surface area contributed by atoms with E-state index in [1.807, 2.05) is 17.1 Å². The van der Waals surface area contributed by atoms with Crippen LogP contribution in [0.25, 0.3) is 16.7 Å². The van der Waals surface area contributed by atoms with Crippen LogP contribution >= 0.6 is 0 Å². The third-order valence-corrected chi connectivity index (χ3v) is 6.90. The number of fused-ring (bicyclic) bond motifs is 1. The number of carbonyl (C=O) groups is 1. The summed E-state index contributed by atoms with van der Waals surface area (Å²) in [5, 5.41) is 18.5. The molecule has 0 unspecified atom stereocenters. The van der Waals surface area contributed by atoms with Crippen molar-refractivity contribution in [2.45, 2.75) is 76.5 Å². The molecule has 2 saturated carbocycles. The van der Waals surface area contributed by atoms with Crippen molar-refractivity contribution in [1.82, 2.24) is 20.2 Å². The molecule has 0 saturated heterocycles. The molecule has 0 bridgehead atoms. The zero-order valence-electron chi connectivity index (χ0n) is 17.4. The molecule has 160 valence electrons. The molecule has 1 aliphatic heterocycles. The summed E-state index contributed by atoms with van der Waals surface area (Å²) in [6.07, 6.45) is 13.5. The van der Waals surface area contributed by atoms with Gasteiger partial charge in [-0.1, -0.05) is 12.8 Å². The summed E-state index contributed by atoms with van der Waals surface area (Å²) >= 11 is 0. The molecule has 1 spiro atoms. The first-order valence-corrected chi connectivity index (χ1v) is 11.1. The normalized spacial score (nSPS) is 25.4. The van der Waals surface area contributed by atoms with Crippen LogP contribution in [0.1, 0.15) is 63.9 Å². The van der Waals surface area contributed by atoms with Crippen LogP contribution < -0.4 is 10.8 Å². The fourth-order valence-electron chi connectivity index (χ4n) is 5.14. The first kappa shape index (κ1) is 19.4. The molecular weight excluding hydrogens is 382 g/mol. The van der Waals surface area contributed by atoms with Crippen molar-refractivity contribution >= 4 is 28.4 Å². The third kappa shape index (κ3) is 3.33. The summed E-state index contributed by atoms with van der Waals surface area (Å²) in [5.41, 5.74) is 6.78. The molecule has 5 rings (SSSR count). The maximum absolute atomic E-state index is 11.3. The van der Waals surface area contributed by atoms with Crippen LogP contribution in [0.15, 0.2) is 18.5 Å². The molecule has 8 heteroatoms. The highest BCUT2D eigenvalue weighted by Gasteiger charge is 2.39. The number of nitrogens with zero attached hydrogens (tertiary/aromatic N) is 3. The number of pyridine rings is 1. The lowest BCUT2D eigenvalue weighted by atomic mass is 9.86. The van der Waals surface area contributed by atoms with E-state index in [1.54, 1.807) is 0 Å². The minimum atomic E-state index is -0.677. The summed E-state index contributed by atoms with van der Waals surface area (Å²) in [6.45, 7) is 2.81. The van der Waals surface area contributed by atoms with Crippen molar-refractivity contribution in [2.75, 3.05) is 5.32 Å². The van der Waals surface area contributed by atoms with Gasteiger partial charge in [-0.15, -0.1) is 0 Å². The number of aryl methyl sites for hydroxylation is 1. The highest BCUT2D eigenvalue weighted by molar-refractivity contribution is 5.95. The van der Waals surface area contributed by atoms with Crippen molar-refractivity contribution in [2.24, 2.45) is 5.92 Å². The van der Waals surface area contributed by atoms with E-state index in [2.05, 4.69) is 28.9 Å². The Kier molecular flexibility index (Phi) is 4.89. The van der Waals surface area contributed by atoms with E-state index in [-0.39, 0.29) is 17.6 Å². The number of rotatable bonds is 5. The van der Waals surface area contributed by atoms with Crippen molar-refractivity contribution in [3.05, 3.63) is 24.0 Å². The number of carboxylic acids is 1. The Morgan fingerprint density at radius 2 is 2.07 bits per heavy atom. The molecule has 0 radical (unpaired) electrons. The number of hydrogen-bond donors (Lipinski definition) is 3. The lowest BCUT2D eigenvalue weighted by Crippen LogP contribution is -2.29. The van der Waals surface area contributed by atoms with Crippen molar-refractivity contribution < 1.29 is 14.7 Å². The van der Waals surface area contributed by atoms with Gasteiger partial charge in [0.1, 0.15) is 5.60 Å². The predicted octanol–water partition coefficient (Wildman–Crippen LogP) is 3.70. The molecule has 2 fully saturated rings. The zero-order chi connectivity index (χ0) is 20.7. The van der Waals surface area contributed by atoms with Gasteiger partial charge in [0, 0.05) is 24.3 Å². The number of carboxylic acid groups (broad SMARTS) is 1. The number of anilines is 1. The third-order valence-electron chi connectivity index (χ3n) is 6.90. The van der Waals surface area contributed by atoms with E-state index in [9.17, 15) is 9.90 Å². The van der Waals surface area contributed by atoms with Gasteiger partial charge in [-0.3, -0.25) is 15.1 Å². The molecule has 0 atom stereocenters. The summed E-state index contributed by atoms with van der Waals surface area (Å²) in [4.78, 5) is 22.0. The van der Waals surface area contributed by atoms with Crippen molar-refractivity contribution in [3.63, 3.8) is 0 Å². The average Bonchev–Trinajstić information content (AvgIpc) is 3.49. The molecule has 0 aromatic carbocycles. The zero-order valence-corrected chi connectivity index (χ0v) is 17.4. The van der Waals surface area contributed by atoms with Crippen LogP contribution in [0.2, 0.25) is 0 Å². The van der Waals surface area contributed by atoms with Crippen LogP contribution in [0.4, 0.5) is 5.69 Å². The minimum absolute atomic E-state index is 0.200. The highest BCUT2D eigenvalue weighted by Crippen LogP contribution is 2.42. The van der Waals surface area contributed by atoms with Gasteiger partial charge in [-0.05, 0) is 51.5 Å². The van der Waals surface area contributed by atoms with E-state index in [0.29, 0.717) is 12.8 Å². The summed E-state index contributed by atoms with van der Waals surface area (Å²) < 4.78 is 1.90. The van der Waals surface area contributed by atoms with E-state index in [1.165, 1.54) is 12.8 Å². The highest BCUT2D eigenvalue weighted by atomic mass is 16.7. The lowest BCUT2D eigenvalue weighted by molar-refractivity contribution is -0.142. The van der Waals surface area contributed by atoms with E-state index in [4.69, 9.17) is 9.82 Å². The maximum atomic E-state index is 11.3. The first-order chi connectivity index (χ1) is 14.6. The molecule has 2 aromatic rings. The number of hydroxylamine groups is 1. The summed E-state index contributed by atoms with van der Waals surface area (Å²) in [5.74, 6) is -0.901. The van der Waals surface area contributed by atoms with Gasteiger partial charge >= 0.3 is 5.97 Å². The van der Waals surface area contributed by atoms with Gasteiger partial charge in [0.05, 0.1) is 28.9 Å². The quantitative estimate of drug-likeness (QED) is 0.690. The van der Waals surface area contributed by atoms with Crippen molar-refractivity contribution in [1.29, 1.82) is 0 Å². The average molecular weight is 412 g/mol. The van der Waals surface area contributed by atoms with E-state index < -0.39 is 5.97 Å². The largest absolute Gasteiger partial charge is 0.481 e. The van der Waals surface area contributed by atoms with Gasteiger partial charge < -0.3 is 10.4 Å². The van der Waals surface area contributed by atoms with Crippen molar-refractivity contribution in [3.8, 4) is 0 Å². The molecule has 8 nitrogen and oxygen atoms in total. The molecule has 30 heavy (non-hydrogen) atoms. The smallest absolute Gasteiger partial charge is 0.306 e. The van der Waals surface area contributed by atoms with Crippen LogP contribution in [-0.4, -0.2) is 37.5 Å². The van der Waals surface area contributed by atoms with Gasteiger partial charge in [-0.2, -0.15) is 5.10 Å². The Balaban J connectivity index is 1.49. The van der Waals surface area contributed by atoms with Crippen LogP contribution in [-0.2, 0) is 16.2 Å². The molecule has 3 N–H and O–H groups in total. The van der Waals surface area contributed by atoms with Crippen LogP contribution in [0.5, 0.6) is 0 Å². The number of nitrogens with one attached hydrogen (secondary N) is 2. The summed E-state index contributed by atoms with van der Waals surface area (Å²) in [6, 6.07) is 0.235. The molecule has 0 amide bonds. The van der Waals surface area contributed by atoms with Gasteiger partial charge in [0.25, 0.3) is 0 Å². The number of aliphatic carboxylic acids is 1. The SMILES string of the molecule is CCn1ncc2c(NC3CCC(C(=O)O)CC3)c(C3=CC4(CCCC4)ON3)cnc21. The second kappa shape index (κ2) is 7.58. The molecule has 3 aliphatic rings. The first-order valence-electron chi connectivity index (χ1n) is 11.1. The van der Waals surface area contributed by atoms with Gasteiger partial charge in [0.15, 0.2) is 5.65 Å².